The van der Waals surface area contributed by atoms with Crippen LogP contribution in [0.2, 0.25) is 5.02 Å². The van der Waals surface area contributed by atoms with Gasteiger partial charge in [-0.3, -0.25) is 4.79 Å². The van der Waals surface area contributed by atoms with Crippen LogP contribution in [-0.4, -0.2) is 48.2 Å². The normalized spacial score (nSPS) is 15.8. The van der Waals surface area contributed by atoms with Crippen molar-refractivity contribution in [1.29, 1.82) is 0 Å². The van der Waals surface area contributed by atoms with Crippen LogP contribution in [0, 0.1) is 0 Å². The smallest absolute Gasteiger partial charge is 0.255 e. The Balaban J connectivity index is 1.41. The lowest BCUT2D eigenvalue weighted by Crippen LogP contribution is -2.26. The van der Waals surface area contributed by atoms with Crippen LogP contribution in [0.3, 0.4) is 0 Å². The van der Waals surface area contributed by atoms with Crippen molar-refractivity contribution in [2.24, 2.45) is 0 Å². The highest BCUT2D eigenvalue weighted by atomic mass is 35.5. The minimum absolute atomic E-state index is 0.161. The van der Waals surface area contributed by atoms with Gasteiger partial charge in [-0.05, 0) is 43.5 Å². The fraction of sp³-hybridized carbons (Fsp3) is 0.333. The third kappa shape index (κ3) is 5.73. The summed E-state index contributed by atoms with van der Waals surface area (Å²) in [6, 6.07) is 17.1. The molecule has 1 atom stereocenters. The lowest BCUT2D eigenvalue weighted by Gasteiger charge is -2.10. The molecule has 1 N–H and O–H groups in total. The second-order valence-corrected chi connectivity index (χ2v) is 7.93. The standard InChI is InChI=1S/C24H26ClN3O3/c25-19-11-9-18(10-12-19)23-22(16-28(27-23)20-6-2-1-3-7-20)24(29)26-13-5-14-30-17-21-8-4-15-31-21/h1-3,6-7,9-12,16,21H,4-5,8,13-15,17H2,(H,26,29). The van der Waals surface area contributed by atoms with Crippen LogP contribution in [0.25, 0.3) is 16.9 Å². The van der Waals surface area contributed by atoms with Crippen LogP contribution >= 0.6 is 11.6 Å². The zero-order valence-electron chi connectivity index (χ0n) is 17.3. The molecule has 2 heterocycles. The molecule has 0 radical (unpaired) electrons. The molecule has 31 heavy (non-hydrogen) atoms. The van der Waals surface area contributed by atoms with Crippen molar-refractivity contribution in [1.82, 2.24) is 15.1 Å². The molecule has 162 valence electrons. The first kappa shape index (κ1) is 21.6. The maximum absolute atomic E-state index is 12.9. The number of amides is 1. The molecular formula is C24H26ClN3O3. The van der Waals surface area contributed by atoms with Crippen LogP contribution in [0.5, 0.6) is 0 Å². The number of ether oxygens (including phenoxy) is 2. The van der Waals surface area contributed by atoms with Crippen LogP contribution < -0.4 is 5.32 Å². The van der Waals surface area contributed by atoms with Gasteiger partial charge in [-0.2, -0.15) is 5.10 Å². The number of carbonyl (C=O) groups excluding carboxylic acids is 1. The van der Waals surface area contributed by atoms with Gasteiger partial charge in [-0.1, -0.05) is 41.9 Å². The van der Waals surface area contributed by atoms with E-state index in [1.54, 1.807) is 23.0 Å². The van der Waals surface area contributed by atoms with Gasteiger partial charge in [0.1, 0.15) is 5.69 Å². The first-order valence-electron chi connectivity index (χ1n) is 10.6. The predicted octanol–water partition coefficient (Wildman–Crippen LogP) is 4.51. The van der Waals surface area contributed by atoms with Gasteiger partial charge in [0.2, 0.25) is 0 Å². The molecule has 1 aliphatic rings. The van der Waals surface area contributed by atoms with Crippen molar-refractivity contribution in [3.8, 4) is 16.9 Å². The van der Waals surface area contributed by atoms with Gasteiger partial charge < -0.3 is 14.8 Å². The Labute approximate surface area is 187 Å². The van der Waals surface area contributed by atoms with Gasteiger partial charge >= 0.3 is 0 Å². The highest BCUT2D eigenvalue weighted by Gasteiger charge is 2.19. The van der Waals surface area contributed by atoms with E-state index in [2.05, 4.69) is 10.4 Å². The first-order chi connectivity index (χ1) is 15.2. The van der Waals surface area contributed by atoms with E-state index < -0.39 is 0 Å². The number of nitrogens with zero attached hydrogens (tertiary/aromatic N) is 2. The highest BCUT2D eigenvalue weighted by Crippen LogP contribution is 2.25. The fourth-order valence-corrected chi connectivity index (χ4v) is 3.66. The molecule has 7 heteroatoms. The fourth-order valence-electron chi connectivity index (χ4n) is 3.54. The van der Waals surface area contributed by atoms with Gasteiger partial charge in [-0.25, -0.2) is 4.68 Å². The SMILES string of the molecule is O=C(NCCCOCC1CCCO1)c1cn(-c2ccccc2)nc1-c1ccc(Cl)cc1. The zero-order chi connectivity index (χ0) is 21.5. The molecule has 1 amide bonds. The van der Waals surface area contributed by atoms with Gasteiger partial charge in [0.25, 0.3) is 5.91 Å². The summed E-state index contributed by atoms with van der Waals surface area (Å²) in [6.45, 7) is 2.57. The van der Waals surface area contributed by atoms with Crippen LogP contribution in [0.15, 0.2) is 60.8 Å². The zero-order valence-corrected chi connectivity index (χ0v) is 18.1. The minimum atomic E-state index is -0.161. The second-order valence-electron chi connectivity index (χ2n) is 7.50. The molecular weight excluding hydrogens is 414 g/mol. The van der Waals surface area contributed by atoms with Gasteiger partial charge in [0.15, 0.2) is 0 Å². The monoisotopic (exact) mass is 439 g/mol. The summed E-state index contributed by atoms with van der Waals surface area (Å²) in [4.78, 5) is 12.9. The molecule has 0 bridgehead atoms. The Morgan fingerprint density at radius 2 is 2.00 bits per heavy atom. The summed E-state index contributed by atoms with van der Waals surface area (Å²) < 4.78 is 12.9. The number of benzene rings is 2. The summed E-state index contributed by atoms with van der Waals surface area (Å²) in [6.07, 6.45) is 4.90. The van der Waals surface area contributed by atoms with Crippen molar-refractivity contribution in [2.45, 2.75) is 25.4 Å². The van der Waals surface area contributed by atoms with E-state index in [0.29, 0.717) is 36.0 Å². The van der Waals surface area contributed by atoms with E-state index in [4.69, 9.17) is 21.1 Å². The largest absolute Gasteiger partial charge is 0.379 e. The Morgan fingerprint density at radius 3 is 2.74 bits per heavy atom. The lowest BCUT2D eigenvalue weighted by atomic mass is 10.1. The van der Waals surface area contributed by atoms with Crippen LogP contribution in [0.4, 0.5) is 0 Å². The molecule has 6 nitrogen and oxygen atoms in total. The van der Waals surface area contributed by atoms with E-state index >= 15 is 0 Å². The van der Waals surface area contributed by atoms with Crippen LogP contribution in [0.1, 0.15) is 29.6 Å². The number of aromatic nitrogens is 2. The van der Waals surface area contributed by atoms with Gasteiger partial charge in [-0.15, -0.1) is 0 Å². The predicted molar refractivity (Wildman–Crippen MR) is 121 cm³/mol. The molecule has 1 fully saturated rings. The topological polar surface area (TPSA) is 65.4 Å². The van der Waals surface area contributed by atoms with E-state index in [9.17, 15) is 4.79 Å². The third-order valence-electron chi connectivity index (χ3n) is 5.18. The Kier molecular flexibility index (Phi) is 7.35. The first-order valence-corrected chi connectivity index (χ1v) is 11.0. The average molecular weight is 440 g/mol. The van der Waals surface area contributed by atoms with E-state index in [0.717, 1.165) is 37.1 Å². The van der Waals surface area contributed by atoms with Crippen molar-refractivity contribution in [3.05, 3.63) is 71.4 Å². The number of para-hydroxylation sites is 1. The van der Waals surface area contributed by atoms with Gasteiger partial charge in [0.05, 0.1) is 24.0 Å². The molecule has 0 aliphatic carbocycles. The molecule has 3 aromatic rings. The van der Waals surface area contributed by atoms with Crippen molar-refractivity contribution in [2.75, 3.05) is 26.4 Å². The maximum Gasteiger partial charge on any atom is 0.255 e. The van der Waals surface area contributed by atoms with E-state index in [1.165, 1.54) is 0 Å². The molecule has 1 unspecified atom stereocenters. The summed E-state index contributed by atoms with van der Waals surface area (Å²) in [7, 11) is 0. The summed E-state index contributed by atoms with van der Waals surface area (Å²) in [5.41, 5.74) is 2.86. The molecule has 0 saturated carbocycles. The number of hydrogen-bond donors (Lipinski definition) is 1. The lowest BCUT2D eigenvalue weighted by molar-refractivity contribution is 0.0166. The molecule has 2 aromatic carbocycles. The van der Waals surface area contributed by atoms with Crippen molar-refractivity contribution < 1.29 is 14.3 Å². The Hall–Kier alpha value is -2.67. The molecule has 0 spiro atoms. The van der Waals surface area contributed by atoms with Crippen LogP contribution in [-0.2, 0) is 9.47 Å². The molecule has 1 saturated heterocycles. The van der Waals surface area contributed by atoms with E-state index in [-0.39, 0.29) is 12.0 Å². The number of rotatable bonds is 9. The summed E-state index contributed by atoms with van der Waals surface area (Å²) in [5.74, 6) is -0.161. The quantitative estimate of drug-likeness (QED) is 0.498. The van der Waals surface area contributed by atoms with E-state index in [1.807, 2.05) is 42.5 Å². The van der Waals surface area contributed by atoms with Crippen molar-refractivity contribution in [3.63, 3.8) is 0 Å². The molecule has 1 aromatic heterocycles. The number of halogens is 1. The second kappa shape index (κ2) is 10.6. The Morgan fingerprint density at radius 1 is 1.19 bits per heavy atom. The average Bonchev–Trinajstić information content (AvgIpc) is 3.47. The summed E-state index contributed by atoms with van der Waals surface area (Å²) >= 11 is 6.03. The number of carbonyl (C=O) groups is 1. The molecule has 4 rings (SSSR count). The maximum atomic E-state index is 12.9. The highest BCUT2D eigenvalue weighted by molar-refractivity contribution is 6.30. The van der Waals surface area contributed by atoms with Gasteiger partial charge in [0, 0.05) is 36.5 Å². The summed E-state index contributed by atoms with van der Waals surface area (Å²) in [5, 5.41) is 8.30. The molecule has 1 aliphatic heterocycles. The third-order valence-corrected chi connectivity index (χ3v) is 5.43. The number of hydrogen-bond acceptors (Lipinski definition) is 4. The van der Waals surface area contributed by atoms with Crippen molar-refractivity contribution >= 4 is 17.5 Å². The Bertz CT molecular complexity index is 983. The number of nitrogens with one attached hydrogen (secondary N) is 1. The minimum Gasteiger partial charge on any atom is -0.379 e.